The molecule has 1 saturated heterocycles. The molecule has 1 fully saturated rings. The Hall–Kier alpha value is -1.83. The maximum atomic E-state index is 11.6. The van der Waals surface area contributed by atoms with E-state index in [-0.39, 0.29) is 18.9 Å². The number of carboxylic acid groups (broad SMARTS) is 1. The van der Waals surface area contributed by atoms with Gasteiger partial charge in [-0.05, 0) is 32.4 Å². The van der Waals surface area contributed by atoms with Gasteiger partial charge >= 0.3 is 12.0 Å². The summed E-state index contributed by atoms with van der Waals surface area (Å²) in [5, 5.41) is 17.2. The highest BCUT2D eigenvalue weighted by Gasteiger charge is 2.22. The van der Waals surface area contributed by atoms with E-state index in [1.54, 1.807) is 0 Å². The van der Waals surface area contributed by atoms with Crippen LogP contribution in [0.2, 0.25) is 0 Å². The van der Waals surface area contributed by atoms with Gasteiger partial charge in [0.05, 0.1) is 0 Å². The molecule has 3 amide bonds. The fourth-order valence-electron chi connectivity index (χ4n) is 1.90. The summed E-state index contributed by atoms with van der Waals surface area (Å²) >= 11 is 0. The number of carbonyl (C=O) groups is 3. The summed E-state index contributed by atoms with van der Waals surface area (Å²) in [6.45, 7) is 1.66. The largest absolute Gasteiger partial charge is 0.480 e. The van der Waals surface area contributed by atoms with E-state index >= 15 is 0 Å². The zero-order valence-electron chi connectivity index (χ0n) is 10.6. The van der Waals surface area contributed by atoms with Crippen LogP contribution in [0.15, 0.2) is 0 Å². The molecule has 1 atom stereocenters. The molecular weight excluding hydrogens is 252 g/mol. The molecule has 1 rings (SSSR count). The molecule has 0 spiro atoms. The maximum absolute atomic E-state index is 11.6. The molecule has 8 nitrogen and oxygen atoms in total. The molecule has 1 aliphatic heterocycles. The highest BCUT2D eigenvalue weighted by Crippen LogP contribution is 2.02. The predicted molar refractivity (Wildman–Crippen MR) is 67.4 cm³/mol. The third-order valence-corrected chi connectivity index (χ3v) is 2.96. The minimum atomic E-state index is -1.18. The maximum Gasteiger partial charge on any atom is 0.326 e. The van der Waals surface area contributed by atoms with Gasteiger partial charge in [-0.15, -0.1) is 0 Å². The van der Waals surface area contributed by atoms with Gasteiger partial charge in [-0.1, -0.05) is 0 Å². The van der Waals surface area contributed by atoms with E-state index in [1.807, 2.05) is 0 Å². The van der Waals surface area contributed by atoms with Crippen LogP contribution >= 0.6 is 0 Å². The molecule has 0 radical (unpaired) electrons. The van der Waals surface area contributed by atoms with Gasteiger partial charge in [-0.2, -0.15) is 0 Å². The van der Waals surface area contributed by atoms with E-state index in [0.717, 1.165) is 25.9 Å². The Bertz CT molecular complexity index is 342. The van der Waals surface area contributed by atoms with Gasteiger partial charge in [-0.3, -0.25) is 4.79 Å². The van der Waals surface area contributed by atoms with Gasteiger partial charge in [0.15, 0.2) is 0 Å². The van der Waals surface area contributed by atoms with Gasteiger partial charge in [0.1, 0.15) is 6.04 Å². The van der Waals surface area contributed by atoms with Gasteiger partial charge in [0, 0.05) is 12.5 Å². The SMILES string of the molecule is NC(=O)CC[C@@H](NC(=O)NC1CCNCC1)C(=O)O. The molecule has 1 aliphatic rings. The quantitative estimate of drug-likeness (QED) is 0.412. The first kappa shape index (κ1) is 15.2. The second-order valence-electron chi connectivity index (χ2n) is 4.54. The number of hydrogen-bond acceptors (Lipinski definition) is 4. The van der Waals surface area contributed by atoms with Crippen molar-refractivity contribution in [2.45, 2.75) is 37.8 Å². The fourth-order valence-corrected chi connectivity index (χ4v) is 1.90. The predicted octanol–water partition coefficient (Wildman–Crippen LogP) is -1.24. The first-order valence-corrected chi connectivity index (χ1v) is 6.28. The number of carbonyl (C=O) groups excluding carboxylic acids is 2. The molecule has 0 bridgehead atoms. The van der Waals surface area contributed by atoms with Crippen molar-refractivity contribution in [2.75, 3.05) is 13.1 Å². The molecule has 0 aromatic rings. The summed E-state index contributed by atoms with van der Waals surface area (Å²) < 4.78 is 0. The van der Waals surface area contributed by atoms with Crippen LogP contribution in [0, 0.1) is 0 Å². The molecule has 8 heteroatoms. The van der Waals surface area contributed by atoms with Crippen molar-refractivity contribution in [3.8, 4) is 0 Å². The smallest absolute Gasteiger partial charge is 0.326 e. The van der Waals surface area contributed by atoms with Crippen molar-refractivity contribution in [3.05, 3.63) is 0 Å². The third kappa shape index (κ3) is 6.05. The number of amides is 3. The van der Waals surface area contributed by atoms with Gasteiger partial charge in [0.25, 0.3) is 0 Å². The van der Waals surface area contributed by atoms with Crippen molar-refractivity contribution in [1.29, 1.82) is 0 Å². The lowest BCUT2D eigenvalue weighted by molar-refractivity contribution is -0.139. The second kappa shape index (κ2) is 7.57. The lowest BCUT2D eigenvalue weighted by atomic mass is 10.1. The zero-order valence-corrected chi connectivity index (χ0v) is 10.6. The number of carboxylic acids is 1. The van der Waals surface area contributed by atoms with E-state index in [2.05, 4.69) is 16.0 Å². The molecule has 0 aromatic heterocycles. The summed E-state index contributed by atoms with van der Waals surface area (Å²) in [7, 11) is 0. The minimum absolute atomic E-state index is 0.00961. The van der Waals surface area contributed by atoms with E-state index in [0.29, 0.717) is 0 Å². The number of nitrogens with one attached hydrogen (secondary N) is 3. The summed E-state index contributed by atoms with van der Waals surface area (Å²) in [6, 6.07) is -1.58. The lowest BCUT2D eigenvalue weighted by Gasteiger charge is -2.24. The molecule has 0 aromatic carbocycles. The molecule has 0 unspecified atom stereocenters. The highest BCUT2D eigenvalue weighted by atomic mass is 16.4. The standard InChI is InChI=1S/C11H20N4O4/c12-9(16)2-1-8(10(17)18)15-11(19)14-7-3-5-13-6-4-7/h7-8,13H,1-6H2,(H2,12,16)(H,17,18)(H2,14,15,19)/t8-/m1/s1. The van der Waals surface area contributed by atoms with Crippen LogP contribution in [0.5, 0.6) is 0 Å². The molecule has 6 N–H and O–H groups in total. The van der Waals surface area contributed by atoms with Gasteiger partial charge in [-0.25, -0.2) is 9.59 Å². The van der Waals surface area contributed by atoms with Gasteiger partial charge < -0.3 is 26.8 Å². The topological polar surface area (TPSA) is 134 Å². The first-order chi connectivity index (χ1) is 8.99. The molecule has 19 heavy (non-hydrogen) atoms. The molecule has 108 valence electrons. The Morgan fingerprint density at radius 2 is 1.95 bits per heavy atom. The second-order valence-corrected chi connectivity index (χ2v) is 4.54. The van der Waals surface area contributed by atoms with Gasteiger partial charge in [0.2, 0.25) is 5.91 Å². The number of piperidine rings is 1. The van der Waals surface area contributed by atoms with Crippen molar-refractivity contribution >= 4 is 17.9 Å². The molecule has 1 heterocycles. The van der Waals surface area contributed by atoms with E-state index < -0.39 is 23.9 Å². The average Bonchev–Trinajstić information content (AvgIpc) is 2.35. The van der Waals surface area contributed by atoms with Crippen LogP contribution in [0.25, 0.3) is 0 Å². The normalized spacial score (nSPS) is 17.5. The van der Waals surface area contributed by atoms with Crippen molar-refractivity contribution in [2.24, 2.45) is 5.73 Å². The Kier molecular flexibility index (Phi) is 6.07. The summed E-state index contributed by atoms with van der Waals surface area (Å²) in [5.74, 6) is -1.77. The third-order valence-electron chi connectivity index (χ3n) is 2.96. The van der Waals surface area contributed by atoms with Crippen molar-refractivity contribution < 1.29 is 19.5 Å². The first-order valence-electron chi connectivity index (χ1n) is 6.28. The average molecular weight is 272 g/mol. The number of urea groups is 1. The lowest BCUT2D eigenvalue weighted by Crippen LogP contribution is -2.51. The molecule has 0 aliphatic carbocycles. The Balaban J connectivity index is 2.37. The van der Waals surface area contributed by atoms with Crippen molar-refractivity contribution in [3.63, 3.8) is 0 Å². The van der Waals surface area contributed by atoms with Crippen LogP contribution in [-0.2, 0) is 9.59 Å². The van der Waals surface area contributed by atoms with Crippen LogP contribution in [0.3, 0.4) is 0 Å². The fraction of sp³-hybridized carbons (Fsp3) is 0.727. The van der Waals surface area contributed by atoms with E-state index in [9.17, 15) is 14.4 Å². The van der Waals surface area contributed by atoms with Crippen LogP contribution in [-0.4, -0.2) is 48.2 Å². The Labute approximate surface area is 111 Å². The number of nitrogens with two attached hydrogens (primary N) is 1. The number of hydrogen-bond donors (Lipinski definition) is 5. The van der Waals surface area contributed by atoms with Crippen LogP contribution < -0.4 is 21.7 Å². The number of rotatable bonds is 6. The Morgan fingerprint density at radius 3 is 2.47 bits per heavy atom. The summed E-state index contributed by atoms with van der Waals surface area (Å²) in [4.78, 5) is 33.2. The van der Waals surface area contributed by atoms with Crippen LogP contribution in [0.1, 0.15) is 25.7 Å². The summed E-state index contributed by atoms with van der Waals surface area (Å²) in [5.41, 5.74) is 4.95. The number of aliphatic carboxylic acids is 1. The van der Waals surface area contributed by atoms with Crippen LogP contribution in [0.4, 0.5) is 4.79 Å². The Morgan fingerprint density at radius 1 is 1.32 bits per heavy atom. The monoisotopic (exact) mass is 272 g/mol. The number of primary amides is 1. The van der Waals surface area contributed by atoms with E-state index in [4.69, 9.17) is 10.8 Å². The van der Waals surface area contributed by atoms with Crippen molar-refractivity contribution in [1.82, 2.24) is 16.0 Å². The molecular formula is C11H20N4O4. The summed E-state index contributed by atoms with van der Waals surface area (Å²) in [6.07, 6.45) is 1.54. The minimum Gasteiger partial charge on any atom is -0.480 e. The molecule has 0 saturated carbocycles. The zero-order chi connectivity index (χ0) is 14.3. The van der Waals surface area contributed by atoms with E-state index in [1.165, 1.54) is 0 Å². The highest BCUT2D eigenvalue weighted by molar-refractivity contribution is 5.83.